The lowest BCUT2D eigenvalue weighted by Crippen LogP contribution is -2.47. The molecule has 1 rings (SSSR count). The summed E-state index contributed by atoms with van der Waals surface area (Å²) in [5.74, 6) is 0. The van der Waals surface area contributed by atoms with Crippen LogP contribution in [0.15, 0.2) is 0 Å². The number of aliphatic hydroxyl groups is 1. The van der Waals surface area contributed by atoms with Gasteiger partial charge in [-0.15, -0.1) is 0 Å². The van der Waals surface area contributed by atoms with Crippen molar-refractivity contribution in [2.24, 2.45) is 0 Å². The summed E-state index contributed by atoms with van der Waals surface area (Å²) in [6.45, 7) is 15.8. The largest absolute Gasteiger partial charge is 0.396 e. The molecule has 4 heteroatoms. The summed E-state index contributed by atoms with van der Waals surface area (Å²) in [4.78, 5) is 7.75. The number of rotatable bonds is 12. The number of unbranched alkanes of at least 4 members (excludes halogenated alkanes) is 1. The van der Waals surface area contributed by atoms with E-state index in [-0.39, 0.29) is 0 Å². The molecule has 0 aromatic rings. The van der Waals surface area contributed by atoms with Crippen molar-refractivity contribution in [1.82, 2.24) is 14.7 Å². The van der Waals surface area contributed by atoms with Gasteiger partial charge in [-0.25, -0.2) is 0 Å². The van der Waals surface area contributed by atoms with E-state index >= 15 is 0 Å². The van der Waals surface area contributed by atoms with Gasteiger partial charge >= 0.3 is 0 Å². The Kier molecular flexibility index (Phi) is 11.1. The lowest BCUT2D eigenvalue weighted by Gasteiger charge is -2.35. The van der Waals surface area contributed by atoms with Gasteiger partial charge in [0.05, 0.1) is 0 Å². The quantitative estimate of drug-likeness (QED) is 0.596. The van der Waals surface area contributed by atoms with E-state index in [0.29, 0.717) is 6.61 Å². The highest BCUT2D eigenvalue weighted by molar-refractivity contribution is 4.72. The van der Waals surface area contributed by atoms with Crippen LogP contribution in [0.2, 0.25) is 0 Å². The van der Waals surface area contributed by atoms with Crippen molar-refractivity contribution >= 4 is 0 Å². The third kappa shape index (κ3) is 8.77. The second kappa shape index (κ2) is 12.4. The van der Waals surface area contributed by atoms with Crippen LogP contribution < -0.4 is 0 Å². The van der Waals surface area contributed by atoms with Gasteiger partial charge in [0.2, 0.25) is 0 Å². The van der Waals surface area contributed by atoms with Gasteiger partial charge in [-0.2, -0.15) is 0 Å². The minimum absolute atomic E-state index is 0.319. The third-order valence-corrected chi connectivity index (χ3v) is 4.41. The molecule has 4 nitrogen and oxygen atoms in total. The zero-order valence-electron chi connectivity index (χ0n) is 14.4. The highest BCUT2D eigenvalue weighted by Crippen LogP contribution is 2.05. The average Bonchev–Trinajstić information content (AvgIpc) is 2.52. The summed E-state index contributed by atoms with van der Waals surface area (Å²) in [5, 5.41) is 8.96. The van der Waals surface area contributed by atoms with Crippen molar-refractivity contribution < 1.29 is 5.11 Å². The fraction of sp³-hybridized carbons (Fsp3) is 1.00. The van der Waals surface area contributed by atoms with E-state index < -0.39 is 0 Å². The summed E-state index contributed by atoms with van der Waals surface area (Å²) in [6.07, 6.45) is 6.04. The van der Waals surface area contributed by atoms with Crippen LogP contribution in [0.1, 0.15) is 46.0 Å². The van der Waals surface area contributed by atoms with Crippen LogP contribution in [0.3, 0.4) is 0 Å². The Morgan fingerprint density at radius 3 is 1.86 bits per heavy atom. The first-order valence-corrected chi connectivity index (χ1v) is 9.08. The highest BCUT2D eigenvalue weighted by atomic mass is 16.3. The van der Waals surface area contributed by atoms with Crippen LogP contribution in [0.5, 0.6) is 0 Å². The van der Waals surface area contributed by atoms with Gasteiger partial charge in [-0.1, -0.05) is 20.3 Å². The standard InChI is InChI=1S/C17H37N3O/c1-3-5-9-19-13-15-20(16-14-19)11-6-10-18(8-4-2)12-7-17-21/h21H,3-17H2,1-2H3. The van der Waals surface area contributed by atoms with Gasteiger partial charge in [-0.3, -0.25) is 0 Å². The molecule has 0 amide bonds. The number of nitrogens with zero attached hydrogens (tertiary/aromatic N) is 3. The molecule has 0 spiro atoms. The molecule has 0 aromatic heterocycles. The summed E-state index contributed by atoms with van der Waals surface area (Å²) in [5.41, 5.74) is 0. The molecule has 0 aromatic carbocycles. The predicted octanol–water partition coefficient (Wildman–Crippen LogP) is 1.89. The Morgan fingerprint density at radius 2 is 1.33 bits per heavy atom. The van der Waals surface area contributed by atoms with Crippen LogP contribution in [-0.2, 0) is 0 Å². The van der Waals surface area contributed by atoms with Crippen LogP contribution in [-0.4, -0.2) is 85.3 Å². The number of aliphatic hydroxyl groups excluding tert-OH is 1. The first-order chi connectivity index (χ1) is 10.3. The molecule has 0 aliphatic carbocycles. The smallest absolute Gasteiger partial charge is 0.0443 e. The highest BCUT2D eigenvalue weighted by Gasteiger charge is 2.15. The molecule has 1 aliphatic heterocycles. The summed E-state index contributed by atoms with van der Waals surface area (Å²) < 4.78 is 0. The van der Waals surface area contributed by atoms with Crippen LogP contribution in [0.25, 0.3) is 0 Å². The molecule has 0 atom stereocenters. The van der Waals surface area contributed by atoms with E-state index in [0.717, 1.165) is 13.0 Å². The van der Waals surface area contributed by atoms with Crippen LogP contribution >= 0.6 is 0 Å². The van der Waals surface area contributed by atoms with Gasteiger partial charge in [0, 0.05) is 39.3 Å². The van der Waals surface area contributed by atoms with Crippen molar-refractivity contribution in [2.75, 3.05) is 65.5 Å². The number of hydrogen-bond acceptors (Lipinski definition) is 4. The van der Waals surface area contributed by atoms with Crippen molar-refractivity contribution in [3.63, 3.8) is 0 Å². The van der Waals surface area contributed by atoms with E-state index in [9.17, 15) is 0 Å². The Hall–Kier alpha value is -0.160. The molecule has 1 heterocycles. The molecular formula is C17H37N3O. The first kappa shape index (κ1) is 18.9. The zero-order valence-corrected chi connectivity index (χ0v) is 14.4. The van der Waals surface area contributed by atoms with E-state index in [1.54, 1.807) is 0 Å². The molecule has 0 bridgehead atoms. The average molecular weight is 300 g/mol. The van der Waals surface area contributed by atoms with Gasteiger partial charge < -0.3 is 19.8 Å². The second-order valence-electron chi connectivity index (χ2n) is 6.31. The molecule has 1 fully saturated rings. The lowest BCUT2D eigenvalue weighted by molar-refractivity contribution is 0.125. The van der Waals surface area contributed by atoms with E-state index in [4.69, 9.17) is 5.11 Å². The first-order valence-electron chi connectivity index (χ1n) is 9.08. The topological polar surface area (TPSA) is 30.0 Å². The Bertz CT molecular complexity index is 230. The maximum Gasteiger partial charge on any atom is 0.0443 e. The van der Waals surface area contributed by atoms with Crippen molar-refractivity contribution in [2.45, 2.75) is 46.0 Å². The van der Waals surface area contributed by atoms with E-state index in [2.05, 4.69) is 28.5 Å². The SMILES string of the molecule is CCCCN1CCN(CCCN(CCC)CCCO)CC1. The molecule has 0 radical (unpaired) electrons. The summed E-state index contributed by atoms with van der Waals surface area (Å²) in [7, 11) is 0. The molecular weight excluding hydrogens is 262 g/mol. The predicted molar refractivity (Wildman–Crippen MR) is 90.8 cm³/mol. The minimum Gasteiger partial charge on any atom is -0.396 e. The molecule has 126 valence electrons. The van der Waals surface area contributed by atoms with Crippen molar-refractivity contribution in [3.8, 4) is 0 Å². The van der Waals surface area contributed by atoms with Gasteiger partial charge in [0.15, 0.2) is 0 Å². The molecule has 0 unspecified atom stereocenters. The fourth-order valence-electron chi connectivity index (χ4n) is 3.08. The van der Waals surface area contributed by atoms with Crippen molar-refractivity contribution in [3.05, 3.63) is 0 Å². The normalized spacial score (nSPS) is 17.7. The maximum atomic E-state index is 8.96. The fourth-order valence-corrected chi connectivity index (χ4v) is 3.08. The monoisotopic (exact) mass is 299 g/mol. The van der Waals surface area contributed by atoms with E-state index in [1.807, 2.05) is 0 Å². The Labute approximate surface area is 132 Å². The number of piperazine rings is 1. The molecule has 21 heavy (non-hydrogen) atoms. The van der Waals surface area contributed by atoms with Crippen LogP contribution in [0.4, 0.5) is 0 Å². The molecule has 0 saturated carbocycles. The second-order valence-corrected chi connectivity index (χ2v) is 6.31. The molecule has 1 aliphatic rings. The molecule has 1 saturated heterocycles. The van der Waals surface area contributed by atoms with Gasteiger partial charge in [0.1, 0.15) is 0 Å². The van der Waals surface area contributed by atoms with Gasteiger partial charge in [-0.05, 0) is 51.9 Å². The summed E-state index contributed by atoms with van der Waals surface area (Å²) in [6, 6.07) is 0. The van der Waals surface area contributed by atoms with Crippen molar-refractivity contribution in [1.29, 1.82) is 0 Å². The minimum atomic E-state index is 0.319. The molecule has 1 N–H and O–H groups in total. The Morgan fingerprint density at radius 1 is 0.762 bits per heavy atom. The summed E-state index contributed by atoms with van der Waals surface area (Å²) >= 11 is 0. The Balaban J connectivity index is 2.09. The maximum absolute atomic E-state index is 8.96. The number of hydrogen-bond donors (Lipinski definition) is 1. The lowest BCUT2D eigenvalue weighted by atomic mass is 10.2. The zero-order chi connectivity index (χ0) is 15.3. The van der Waals surface area contributed by atoms with E-state index in [1.165, 1.54) is 78.0 Å². The van der Waals surface area contributed by atoms with Crippen LogP contribution in [0, 0.1) is 0 Å². The third-order valence-electron chi connectivity index (χ3n) is 4.41. The van der Waals surface area contributed by atoms with Gasteiger partial charge in [0.25, 0.3) is 0 Å².